The number of carbonyl (C=O) groups excluding carboxylic acids is 2. The minimum absolute atomic E-state index is 0.0423. The highest BCUT2D eigenvalue weighted by molar-refractivity contribution is 7.89. The highest BCUT2D eigenvalue weighted by Gasteiger charge is 2.32. The van der Waals surface area contributed by atoms with Gasteiger partial charge in [-0.2, -0.15) is 4.72 Å². The number of amides is 2. The van der Waals surface area contributed by atoms with E-state index < -0.39 is 33.9 Å². The number of hydrogen-bond acceptors (Lipinski definition) is 8. The lowest BCUT2D eigenvalue weighted by molar-refractivity contribution is -0.128. The third-order valence-electron chi connectivity index (χ3n) is 5.70. The molecular formula is C25H26N6O4S3. The summed E-state index contributed by atoms with van der Waals surface area (Å²) in [5, 5.41) is 12.8. The Morgan fingerprint density at radius 3 is 2.45 bits per heavy atom. The van der Waals surface area contributed by atoms with Crippen LogP contribution in [0.25, 0.3) is 10.9 Å². The van der Waals surface area contributed by atoms with E-state index in [1.165, 1.54) is 12.3 Å². The summed E-state index contributed by atoms with van der Waals surface area (Å²) in [5.74, 6) is -1.44. The Morgan fingerprint density at radius 1 is 1.03 bits per heavy atom. The molecule has 0 aliphatic carbocycles. The third-order valence-corrected chi connectivity index (χ3v) is 8.20. The second kappa shape index (κ2) is 11.9. The summed E-state index contributed by atoms with van der Waals surface area (Å²) in [6, 6.07) is 15.2. The van der Waals surface area contributed by atoms with Gasteiger partial charge in [-0.25, -0.2) is 8.42 Å². The smallest absolute Gasteiger partial charge is 0.249 e. The van der Waals surface area contributed by atoms with Crippen molar-refractivity contribution in [2.75, 3.05) is 5.32 Å². The molecule has 2 unspecified atom stereocenters. The maximum Gasteiger partial charge on any atom is 0.249 e. The number of para-hydroxylation sites is 1. The molecule has 0 spiro atoms. The van der Waals surface area contributed by atoms with Crippen LogP contribution in [0.1, 0.15) is 19.4 Å². The molecule has 0 fully saturated rings. The van der Waals surface area contributed by atoms with Crippen molar-refractivity contribution >= 4 is 61.4 Å². The van der Waals surface area contributed by atoms with Gasteiger partial charge in [0.1, 0.15) is 17.0 Å². The Labute approximate surface area is 229 Å². The maximum atomic E-state index is 13.5. The molecule has 0 aliphatic rings. The molecule has 0 saturated heterocycles. The van der Waals surface area contributed by atoms with Gasteiger partial charge < -0.3 is 5.32 Å². The largest absolute Gasteiger partial charge is 0.343 e. The van der Waals surface area contributed by atoms with Crippen molar-refractivity contribution in [3.63, 3.8) is 0 Å². The van der Waals surface area contributed by atoms with Gasteiger partial charge in [-0.15, -0.1) is 5.10 Å². The Kier molecular flexibility index (Phi) is 8.62. The fraction of sp³-hybridized carbons (Fsp3) is 0.240. The molecule has 2 amide bonds. The first-order valence-corrected chi connectivity index (χ1v) is 14.4. The molecule has 10 nitrogen and oxygen atoms in total. The number of pyridine rings is 1. The van der Waals surface area contributed by atoms with E-state index in [1.54, 1.807) is 62.4 Å². The Balaban J connectivity index is 1.61. The van der Waals surface area contributed by atoms with Crippen LogP contribution in [-0.2, 0) is 26.0 Å². The molecule has 2 heterocycles. The topological polar surface area (TPSA) is 146 Å². The van der Waals surface area contributed by atoms with Gasteiger partial charge in [0.25, 0.3) is 0 Å². The van der Waals surface area contributed by atoms with E-state index >= 15 is 0 Å². The van der Waals surface area contributed by atoms with Crippen molar-refractivity contribution in [1.29, 1.82) is 0 Å². The predicted molar refractivity (Wildman–Crippen MR) is 149 cm³/mol. The summed E-state index contributed by atoms with van der Waals surface area (Å²) >= 11 is 6.08. The van der Waals surface area contributed by atoms with E-state index in [0.717, 1.165) is 16.9 Å². The van der Waals surface area contributed by atoms with Crippen LogP contribution >= 0.6 is 23.6 Å². The summed E-state index contributed by atoms with van der Waals surface area (Å²) in [4.78, 5) is 30.7. The monoisotopic (exact) mass is 570 g/mol. The SMILES string of the molecule is CC(C)C(NC(=O)C(Cc1ccccc1)NS(=O)(=O)c1cccc2cccnc12)C(=O)Nc1n[nH]c(=S)s1. The third kappa shape index (κ3) is 6.67. The maximum absolute atomic E-state index is 13.5. The first kappa shape index (κ1) is 27.5. The van der Waals surface area contributed by atoms with Crippen LogP contribution in [0.2, 0.25) is 0 Å². The van der Waals surface area contributed by atoms with Crippen LogP contribution in [0.15, 0.2) is 71.8 Å². The number of sulfonamides is 1. The predicted octanol–water partition coefficient (Wildman–Crippen LogP) is 3.42. The quantitative estimate of drug-likeness (QED) is 0.214. The summed E-state index contributed by atoms with van der Waals surface area (Å²) in [5.41, 5.74) is 1.04. The molecule has 2 aromatic heterocycles. The lowest BCUT2D eigenvalue weighted by atomic mass is 10.0. The van der Waals surface area contributed by atoms with Crippen molar-refractivity contribution in [2.24, 2.45) is 5.92 Å². The molecule has 13 heteroatoms. The normalized spacial score (nSPS) is 13.2. The van der Waals surface area contributed by atoms with Crippen LogP contribution < -0.4 is 15.4 Å². The van der Waals surface area contributed by atoms with E-state index in [1.807, 2.05) is 6.07 Å². The number of aromatic nitrogens is 3. The van der Waals surface area contributed by atoms with Gasteiger partial charge in [-0.1, -0.05) is 73.7 Å². The van der Waals surface area contributed by atoms with Gasteiger partial charge in [0.15, 0.2) is 3.95 Å². The number of hydrogen-bond donors (Lipinski definition) is 4. The van der Waals surface area contributed by atoms with Crippen molar-refractivity contribution in [3.8, 4) is 0 Å². The highest BCUT2D eigenvalue weighted by atomic mass is 32.2. The molecule has 0 bridgehead atoms. The summed E-state index contributed by atoms with van der Waals surface area (Å²) in [6.07, 6.45) is 1.58. The molecule has 0 radical (unpaired) electrons. The number of benzene rings is 2. The van der Waals surface area contributed by atoms with Gasteiger partial charge in [-0.05, 0) is 42.3 Å². The lowest BCUT2D eigenvalue weighted by Gasteiger charge is -2.25. The van der Waals surface area contributed by atoms with Crippen molar-refractivity contribution in [3.05, 3.63) is 76.4 Å². The van der Waals surface area contributed by atoms with Crippen LogP contribution in [0, 0.1) is 9.87 Å². The molecule has 38 heavy (non-hydrogen) atoms. The molecule has 0 aliphatic heterocycles. The van der Waals surface area contributed by atoms with E-state index in [-0.39, 0.29) is 22.4 Å². The molecule has 4 rings (SSSR count). The Morgan fingerprint density at radius 2 is 1.76 bits per heavy atom. The molecule has 4 N–H and O–H groups in total. The average molecular weight is 571 g/mol. The number of H-pyrrole nitrogens is 1. The van der Waals surface area contributed by atoms with Crippen LogP contribution in [0.4, 0.5) is 5.13 Å². The van der Waals surface area contributed by atoms with Crippen LogP contribution in [0.5, 0.6) is 0 Å². The minimum Gasteiger partial charge on any atom is -0.343 e. The van der Waals surface area contributed by atoms with E-state index in [0.29, 0.717) is 14.9 Å². The second-order valence-corrected chi connectivity index (χ2v) is 12.2. The zero-order valence-electron chi connectivity index (χ0n) is 20.5. The van der Waals surface area contributed by atoms with Crippen molar-refractivity contribution < 1.29 is 18.0 Å². The van der Waals surface area contributed by atoms with Crippen LogP contribution in [-0.4, -0.2) is 47.5 Å². The van der Waals surface area contributed by atoms with Crippen molar-refractivity contribution in [1.82, 2.24) is 25.2 Å². The van der Waals surface area contributed by atoms with Gasteiger partial charge in [0.2, 0.25) is 27.0 Å². The zero-order valence-corrected chi connectivity index (χ0v) is 23.0. The van der Waals surface area contributed by atoms with Gasteiger partial charge in [0.05, 0.1) is 5.52 Å². The van der Waals surface area contributed by atoms with Crippen LogP contribution in [0.3, 0.4) is 0 Å². The summed E-state index contributed by atoms with van der Waals surface area (Å²) in [6.45, 7) is 3.55. The number of anilines is 1. The number of nitrogens with one attached hydrogen (secondary N) is 4. The van der Waals surface area contributed by atoms with Crippen molar-refractivity contribution in [2.45, 2.75) is 37.2 Å². The molecule has 0 saturated carbocycles. The van der Waals surface area contributed by atoms with Gasteiger partial charge >= 0.3 is 0 Å². The number of nitrogens with zero attached hydrogens (tertiary/aromatic N) is 2. The number of rotatable bonds is 10. The molecule has 2 atom stereocenters. The van der Waals surface area contributed by atoms with Gasteiger partial charge in [0, 0.05) is 11.6 Å². The number of aromatic amines is 1. The fourth-order valence-electron chi connectivity index (χ4n) is 3.84. The first-order chi connectivity index (χ1) is 18.1. The van der Waals surface area contributed by atoms with Gasteiger partial charge in [-0.3, -0.25) is 25.0 Å². The van der Waals surface area contributed by atoms with E-state index in [2.05, 4.69) is 30.5 Å². The number of fused-ring (bicyclic) bond motifs is 1. The summed E-state index contributed by atoms with van der Waals surface area (Å²) in [7, 11) is -4.17. The number of carbonyl (C=O) groups is 2. The fourth-order valence-corrected chi connectivity index (χ4v) is 6.00. The molecular weight excluding hydrogens is 545 g/mol. The molecule has 4 aromatic rings. The zero-order chi connectivity index (χ0) is 27.3. The first-order valence-electron chi connectivity index (χ1n) is 11.7. The van der Waals surface area contributed by atoms with E-state index in [9.17, 15) is 18.0 Å². The summed E-state index contributed by atoms with van der Waals surface area (Å²) < 4.78 is 30.0. The minimum atomic E-state index is -4.17. The Hall–Kier alpha value is -3.52. The highest BCUT2D eigenvalue weighted by Crippen LogP contribution is 2.21. The lowest BCUT2D eigenvalue weighted by Crippen LogP contribution is -2.54. The molecule has 2 aromatic carbocycles. The average Bonchev–Trinajstić information content (AvgIpc) is 3.30. The molecule has 198 valence electrons. The standard InChI is InChI=1S/C25H26N6O4S3/c1-15(2)20(23(33)28-24-29-30-25(36)37-24)27-22(32)18(14-16-8-4-3-5-9-16)31-38(34,35)19-12-6-10-17-11-7-13-26-21(17)19/h3-13,15,18,20,31H,14H2,1-2H3,(H,27,32)(H,30,36)(H,28,29,33). The van der Waals surface area contributed by atoms with E-state index in [4.69, 9.17) is 12.2 Å². The second-order valence-electron chi connectivity index (χ2n) is 8.83. The Bertz CT molecular complexity index is 1600.